The summed E-state index contributed by atoms with van der Waals surface area (Å²) in [6.07, 6.45) is 1.88. The van der Waals surface area contributed by atoms with Crippen molar-refractivity contribution in [2.45, 2.75) is 0 Å². The Morgan fingerprint density at radius 1 is 0.269 bits per heavy atom. The van der Waals surface area contributed by atoms with E-state index in [1.54, 1.807) is 0 Å². The Bertz CT molecular complexity index is 272. The van der Waals surface area contributed by atoms with Crippen LogP contribution in [0.15, 0.2) is 0 Å². The maximum Gasteiger partial charge on any atom is 5.00 e. The summed E-state index contributed by atoms with van der Waals surface area (Å²) in [5.41, 5.74) is 0. The molecule has 0 aromatic heterocycles. The van der Waals surface area contributed by atoms with E-state index in [1.165, 1.54) is 0 Å². The number of hydrogen-bond donors (Lipinski definition) is 0. The molecule has 0 radical (unpaired) electrons. The molecule has 140 valence electrons. The number of carbonyl (C=O) groups excluding carboxylic acids is 10. The quantitative estimate of drug-likeness (QED) is 0.286. The summed E-state index contributed by atoms with van der Waals surface area (Å²) >= 11 is 0. The zero-order chi connectivity index (χ0) is 20.6. The van der Waals surface area contributed by atoms with Crippen molar-refractivity contribution in [3.05, 3.63) is 26.6 Å². The minimum Gasteiger partial charge on any atom is -0.602 e. The molecule has 0 saturated heterocycles. The first-order valence-electron chi connectivity index (χ1n) is 4.94. The van der Waals surface area contributed by atoms with Crippen molar-refractivity contribution in [3.8, 4) is 0 Å². The van der Waals surface area contributed by atoms with E-state index in [2.05, 4.69) is 26.6 Å². The zero-order valence-corrected chi connectivity index (χ0v) is 15.8. The third-order valence-electron chi connectivity index (χ3n) is 0.609. The number of hydrogen-bond acceptors (Lipinski definition) is 10. The molecule has 16 heteroatoms. The minimum atomic E-state index is 0. The number of nitrogens with zero attached hydrogens (tertiary/aromatic N) is 5. The van der Waals surface area contributed by atoms with Crippen molar-refractivity contribution in [2.24, 2.45) is 0 Å². The summed E-state index contributed by atoms with van der Waals surface area (Å²) < 4.78 is 0. The van der Waals surface area contributed by atoms with E-state index < -0.39 is 0 Å². The molecule has 0 rings (SSSR count). The van der Waals surface area contributed by atoms with Crippen molar-refractivity contribution in [3.63, 3.8) is 0 Å². The Hall–Kier alpha value is -3.56. The second kappa shape index (κ2) is 68.4. The van der Waals surface area contributed by atoms with Gasteiger partial charge in [-0.25, -0.2) is 0 Å². The van der Waals surface area contributed by atoms with Crippen LogP contribution in [0.4, 0.5) is 0 Å². The van der Waals surface area contributed by atoms with Crippen LogP contribution in [-0.2, 0) is 70.3 Å². The molecule has 0 saturated carbocycles. The second-order valence-electron chi connectivity index (χ2n) is 1.80. The van der Waals surface area contributed by atoms with Crippen LogP contribution in [0.25, 0.3) is 26.6 Å². The van der Waals surface area contributed by atoms with Crippen LogP contribution in [-0.4, -0.2) is 64.1 Å². The van der Waals surface area contributed by atoms with Crippen LogP contribution in [0.1, 0.15) is 0 Å². The average Bonchev–Trinajstić information content (AvgIpc) is 2.61. The Morgan fingerprint density at radius 3 is 0.346 bits per heavy atom. The van der Waals surface area contributed by atoms with Gasteiger partial charge in [-0.1, -0.05) is 0 Å². The van der Waals surface area contributed by atoms with E-state index in [0.717, 1.165) is 0 Å². The average molecular weight is 541 g/mol. The monoisotopic (exact) mass is 541 g/mol. The Kier molecular flexibility index (Phi) is 100. The van der Waals surface area contributed by atoms with Gasteiger partial charge < -0.3 is 74.5 Å². The SMILES string of the molecule is O=C[N-]C=O.O=C[N-]C=O.O=C[N-]C=O.O=C[N-]C=O.O=C[N-]C=O.[Ta+5]. The number of carbonyl (C=O) groups is 10. The maximum absolute atomic E-state index is 9.01. The molecule has 0 unspecified atom stereocenters. The fraction of sp³-hybridized carbons (Fsp3) is 0. The van der Waals surface area contributed by atoms with Gasteiger partial charge in [-0.2, -0.15) is 0 Å². The van der Waals surface area contributed by atoms with E-state index in [-0.39, 0.29) is 86.5 Å². The molecule has 0 aromatic carbocycles. The number of imide groups is 5. The maximum atomic E-state index is 9.01. The second-order valence-corrected chi connectivity index (χ2v) is 1.80. The van der Waals surface area contributed by atoms with Gasteiger partial charge in [0.05, 0.1) is 0 Å². The van der Waals surface area contributed by atoms with Gasteiger partial charge in [0.2, 0.25) is 0 Å². The molecule has 0 fully saturated rings. The Labute approximate surface area is 161 Å². The van der Waals surface area contributed by atoms with Crippen molar-refractivity contribution >= 4 is 64.1 Å². The topological polar surface area (TPSA) is 241 Å². The fourth-order valence-electron chi connectivity index (χ4n) is 0.124. The first-order valence-corrected chi connectivity index (χ1v) is 4.94. The minimum absolute atomic E-state index is 0. The smallest absolute Gasteiger partial charge is 0.602 e. The largest absolute Gasteiger partial charge is 5.00 e. The Balaban J connectivity index is -0.0000000476. The standard InChI is InChI=1S/5C2H3NO2.Ta/c5*4-1-3-2-5;/h5*1-2H,(H,3,4,5);/q;;;;;+5/p-5. The first kappa shape index (κ1) is 38.2. The third kappa shape index (κ3) is 186. The van der Waals surface area contributed by atoms with E-state index in [0.29, 0.717) is 0 Å². The van der Waals surface area contributed by atoms with Gasteiger partial charge in [0.25, 0.3) is 0 Å². The molecule has 0 atom stereocenters. The molecule has 26 heavy (non-hydrogen) atoms. The van der Waals surface area contributed by atoms with Crippen LogP contribution in [0.5, 0.6) is 0 Å². The summed E-state index contributed by atoms with van der Waals surface area (Å²) in [7, 11) is 0. The van der Waals surface area contributed by atoms with Crippen LogP contribution in [0.3, 0.4) is 0 Å². The molecule has 0 heterocycles. The predicted octanol–water partition coefficient (Wildman–Crippen LogP) is -1.64. The van der Waals surface area contributed by atoms with E-state index >= 15 is 0 Å². The van der Waals surface area contributed by atoms with Gasteiger partial charge in [0.1, 0.15) is 0 Å². The molecule has 0 aliphatic heterocycles. The Morgan fingerprint density at radius 2 is 0.346 bits per heavy atom. The third-order valence-corrected chi connectivity index (χ3v) is 0.609. The van der Waals surface area contributed by atoms with E-state index in [9.17, 15) is 0 Å². The van der Waals surface area contributed by atoms with Gasteiger partial charge in [0.15, 0.2) is 0 Å². The summed E-state index contributed by atoms with van der Waals surface area (Å²) in [5, 5.41) is 13.1. The molecule has 0 aliphatic rings. The van der Waals surface area contributed by atoms with Gasteiger partial charge in [0, 0.05) is 64.1 Å². The van der Waals surface area contributed by atoms with Crippen LogP contribution in [0, 0.1) is 0 Å². The van der Waals surface area contributed by atoms with Gasteiger partial charge in [-0.15, -0.1) is 0 Å². The molecule has 0 spiro atoms. The number of amides is 10. The molecular formula is C10H10N5O10Ta. The van der Waals surface area contributed by atoms with Gasteiger partial charge in [-0.05, 0) is 0 Å². The number of rotatable bonds is 10. The fourth-order valence-corrected chi connectivity index (χ4v) is 0.124. The molecule has 0 bridgehead atoms. The molecule has 10 amide bonds. The summed E-state index contributed by atoms with van der Waals surface area (Å²) in [6, 6.07) is 0. The molecule has 0 aromatic rings. The van der Waals surface area contributed by atoms with Crippen LogP contribution in [0.2, 0.25) is 0 Å². The van der Waals surface area contributed by atoms with E-state index in [4.69, 9.17) is 47.9 Å². The summed E-state index contributed by atoms with van der Waals surface area (Å²) in [4.78, 5) is 90.1. The van der Waals surface area contributed by atoms with Crippen molar-refractivity contribution in [1.29, 1.82) is 0 Å². The van der Waals surface area contributed by atoms with Crippen molar-refractivity contribution in [1.82, 2.24) is 0 Å². The first-order chi connectivity index (χ1) is 12.1. The van der Waals surface area contributed by atoms with Crippen LogP contribution < -0.4 is 0 Å². The molecule has 0 N–H and O–H groups in total. The molecule has 15 nitrogen and oxygen atoms in total. The van der Waals surface area contributed by atoms with Crippen molar-refractivity contribution < 1.29 is 70.3 Å². The van der Waals surface area contributed by atoms with Gasteiger partial charge >= 0.3 is 22.4 Å². The predicted molar refractivity (Wildman–Crippen MR) is 77.4 cm³/mol. The van der Waals surface area contributed by atoms with Crippen LogP contribution >= 0.6 is 0 Å². The molecule has 0 aliphatic carbocycles. The summed E-state index contributed by atoms with van der Waals surface area (Å²) in [5.74, 6) is 0. The van der Waals surface area contributed by atoms with Gasteiger partial charge in [-0.3, -0.25) is 0 Å². The summed E-state index contributed by atoms with van der Waals surface area (Å²) in [6.45, 7) is 0. The molecular weight excluding hydrogens is 531 g/mol. The normalized spacial score (nSPS) is 5.38. The van der Waals surface area contributed by atoms with E-state index in [1.807, 2.05) is 0 Å². The zero-order valence-electron chi connectivity index (χ0n) is 12.5. The van der Waals surface area contributed by atoms with Crippen molar-refractivity contribution in [2.75, 3.05) is 0 Å².